The van der Waals surface area contributed by atoms with Gasteiger partial charge in [-0.3, -0.25) is 9.59 Å². The van der Waals surface area contributed by atoms with Crippen molar-refractivity contribution in [2.75, 3.05) is 5.32 Å². The number of hydrogen-bond acceptors (Lipinski definition) is 2. The van der Waals surface area contributed by atoms with Crippen molar-refractivity contribution in [1.29, 1.82) is 0 Å². The summed E-state index contributed by atoms with van der Waals surface area (Å²) in [5.41, 5.74) is 2.59. The minimum absolute atomic E-state index is 0.240. The Balaban J connectivity index is 1.73. The average Bonchev–Trinajstić information content (AvgIpc) is 3.02. The van der Waals surface area contributed by atoms with Crippen LogP contribution in [0.3, 0.4) is 0 Å². The molecule has 118 valence electrons. The van der Waals surface area contributed by atoms with Gasteiger partial charge in [-0.2, -0.15) is 0 Å². The largest absolute Gasteiger partial charge is 0.361 e. The lowest BCUT2D eigenvalue weighted by Gasteiger charge is -2.09. The first-order valence-corrected chi connectivity index (χ1v) is 7.63. The second kappa shape index (κ2) is 5.38. The van der Waals surface area contributed by atoms with Crippen molar-refractivity contribution in [2.24, 2.45) is 0 Å². The molecule has 0 saturated heterocycles. The molecule has 0 aliphatic rings. The molecule has 0 spiro atoms. The molecule has 0 atom stereocenters. The van der Waals surface area contributed by atoms with Crippen LogP contribution in [0.15, 0.2) is 59.5 Å². The number of amides is 1. The van der Waals surface area contributed by atoms with E-state index in [1.165, 1.54) is 0 Å². The third kappa shape index (κ3) is 2.36. The molecule has 5 heteroatoms. The summed E-state index contributed by atoms with van der Waals surface area (Å²) in [5.74, 6) is -0.341. The molecule has 2 aromatic heterocycles. The standard InChI is InChI=1S/C19H15N3O2/c1-11-8-13-6-7-20-16(13)10-15(11)21-19(24)17-9-12-4-2-3-5-14(12)18(23)22-17/h2-10,20H,1H3,(H,21,24)(H,22,23). The van der Waals surface area contributed by atoms with Gasteiger partial charge in [0.25, 0.3) is 11.5 Å². The SMILES string of the molecule is Cc1cc2cc[nH]c2cc1NC(=O)c1cc2ccccc2c(=O)[nH]1. The first-order chi connectivity index (χ1) is 11.6. The van der Waals surface area contributed by atoms with Gasteiger partial charge in [-0.15, -0.1) is 0 Å². The summed E-state index contributed by atoms with van der Waals surface area (Å²) in [6, 6.07) is 14.8. The van der Waals surface area contributed by atoms with Gasteiger partial charge < -0.3 is 15.3 Å². The van der Waals surface area contributed by atoms with Crippen LogP contribution >= 0.6 is 0 Å². The van der Waals surface area contributed by atoms with Crippen LogP contribution < -0.4 is 10.9 Å². The molecule has 4 rings (SSSR count). The van der Waals surface area contributed by atoms with Gasteiger partial charge in [-0.25, -0.2) is 0 Å². The van der Waals surface area contributed by atoms with Crippen LogP contribution in [0.1, 0.15) is 16.1 Å². The maximum atomic E-state index is 12.5. The van der Waals surface area contributed by atoms with Crippen molar-refractivity contribution in [3.63, 3.8) is 0 Å². The van der Waals surface area contributed by atoms with Crippen LogP contribution in [0.2, 0.25) is 0 Å². The molecule has 2 aromatic carbocycles. The predicted octanol–water partition coefficient (Wildman–Crippen LogP) is 3.57. The van der Waals surface area contributed by atoms with E-state index in [9.17, 15) is 9.59 Å². The Hall–Kier alpha value is -3.34. The maximum absolute atomic E-state index is 12.5. The van der Waals surface area contributed by atoms with E-state index in [0.717, 1.165) is 21.9 Å². The van der Waals surface area contributed by atoms with Crippen molar-refractivity contribution in [1.82, 2.24) is 9.97 Å². The fraction of sp³-hybridized carbons (Fsp3) is 0.0526. The molecule has 1 amide bonds. The molecule has 0 aliphatic carbocycles. The van der Waals surface area contributed by atoms with E-state index in [0.29, 0.717) is 11.1 Å². The summed E-state index contributed by atoms with van der Waals surface area (Å²) < 4.78 is 0. The zero-order chi connectivity index (χ0) is 16.7. The van der Waals surface area contributed by atoms with E-state index in [-0.39, 0.29) is 17.2 Å². The Bertz CT molecular complexity index is 1140. The molecular formula is C19H15N3O2. The van der Waals surface area contributed by atoms with Gasteiger partial charge in [0.05, 0.1) is 0 Å². The van der Waals surface area contributed by atoms with E-state index in [2.05, 4.69) is 15.3 Å². The van der Waals surface area contributed by atoms with Crippen molar-refractivity contribution < 1.29 is 4.79 Å². The van der Waals surface area contributed by atoms with Crippen molar-refractivity contribution in [3.05, 3.63) is 76.3 Å². The normalized spacial score (nSPS) is 11.0. The fourth-order valence-corrected chi connectivity index (χ4v) is 2.87. The fourth-order valence-electron chi connectivity index (χ4n) is 2.87. The number of carbonyl (C=O) groups is 1. The molecule has 3 N–H and O–H groups in total. The van der Waals surface area contributed by atoms with Crippen LogP contribution in [0.5, 0.6) is 0 Å². The number of anilines is 1. The van der Waals surface area contributed by atoms with Gasteiger partial charge in [-0.05, 0) is 53.6 Å². The number of hydrogen-bond donors (Lipinski definition) is 3. The number of fused-ring (bicyclic) bond motifs is 2. The summed E-state index contributed by atoms with van der Waals surface area (Å²) >= 11 is 0. The van der Waals surface area contributed by atoms with E-state index in [1.807, 2.05) is 43.5 Å². The van der Waals surface area contributed by atoms with E-state index >= 15 is 0 Å². The summed E-state index contributed by atoms with van der Waals surface area (Å²) in [5, 5.41) is 5.27. The van der Waals surface area contributed by atoms with E-state index < -0.39 is 0 Å². The number of benzene rings is 2. The van der Waals surface area contributed by atoms with E-state index in [4.69, 9.17) is 0 Å². The third-order valence-electron chi connectivity index (χ3n) is 4.14. The predicted molar refractivity (Wildman–Crippen MR) is 95.6 cm³/mol. The summed E-state index contributed by atoms with van der Waals surface area (Å²) in [6.45, 7) is 1.94. The van der Waals surface area contributed by atoms with Crippen molar-refractivity contribution in [2.45, 2.75) is 6.92 Å². The average molecular weight is 317 g/mol. The van der Waals surface area contributed by atoms with Crippen molar-refractivity contribution >= 4 is 33.3 Å². The molecule has 0 radical (unpaired) electrons. The summed E-state index contributed by atoms with van der Waals surface area (Å²) in [7, 11) is 0. The summed E-state index contributed by atoms with van der Waals surface area (Å²) in [4.78, 5) is 30.4. The Morgan fingerprint density at radius 3 is 2.75 bits per heavy atom. The Kier molecular flexibility index (Phi) is 3.20. The number of aryl methyl sites for hydroxylation is 1. The van der Waals surface area contributed by atoms with Gasteiger partial charge in [0, 0.05) is 22.8 Å². The number of carbonyl (C=O) groups excluding carboxylic acids is 1. The number of H-pyrrole nitrogens is 2. The quantitative estimate of drug-likeness (QED) is 0.528. The lowest BCUT2D eigenvalue weighted by atomic mass is 10.1. The second-order valence-corrected chi connectivity index (χ2v) is 5.79. The second-order valence-electron chi connectivity index (χ2n) is 5.79. The lowest BCUT2D eigenvalue weighted by molar-refractivity contribution is 0.102. The Morgan fingerprint density at radius 2 is 1.88 bits per heavy atom. The zero-order valence-electron chi connectivity index (χ0n) is 13.0. The lowest BCUT2D eigenvalue weighted by Crippen LogP contribution is -2.19. The molecule has 4 aromatic rings. The molecular weight excluding hydrogens is 302 g/mol. The monoisotopic (exact) mass is 317 g/mol. The first kappa shape index (κ1) is 14.3. The summed E-state index contributed by atoms with van der Waals surface area (Å²) in [6.07, 6.45) is 1.86. The molecule has 2 heterocycles. The van der Waals surface area contributed by atoms with Crippen LogP contribution in [0.25, 0.3) is 21.7 Å². The molecule has 0 fully saturated rings. The molecule has 5 nitrogen and oxygen atoms in total. The van der Waals surface area contributed by atoms with Gasteiger partial charge >= 0.3 is 0 Å². The Labute approximate surface area is 137 Å². The number of pyridine rings is 1. The maximum Gasteiger partial charge on any atom is 0.272 e. The minimum Gasteiger partial charge on any atom is -0.361 e. The van der Waals surface area contributed by atoms with E-state index in [1.54, 1.807) is 18.2 Å². The highest BCUT2D eigenvalue weighted by atomic mass is 16.2. The molecule has 0 saturated carbocycles. The highest BCUT2D eigenvalue weighted by molar-refractivity contribution is 6.06. The van der Waals surface area contributed by atoms with Crippen LogP contribution in [0.4, 0.5) is 5.69 Å². The highest BCUT2D eigenvalue weighted by Gasteiger charge is 2.12. The molecule has 0 unspecified atom stereocenters. The number of aromatic amines is 2. The molecule has 24 heavy (non-hydrogen) atoms. The zero-order valence-corrected chi connectivity index (χ0v) is 13.0. The van der Waals surface area contributed by atoms with Crippen LogP contribution in [0, 0.1) is 6.92 Å². The Morgan fingerprint density at radius 1 is 1.04 bits per heavy atom. The van der Waals surface area contributed by atoms with Crippen molar-refractivity contribution in [3.8, 4) is 0 Å². The van der Waals surface area contributed by atoms with Gasteiger partial charge in [0.2, 0.25) is 0 Å². The molecule has 0 bridgehead atoms. The number of rotatable bonds is 2. The highest BCUT2D eigenvalue weighted by Crippen LogP contribution is 2.23. The topological polar surface area (TPSA) is 77.8 Å². The smallest absolute Gasteiger partial charge is 0.272 e. The third-order valence-corrected chi connectivity index (χ3v) is 4.14. The van der Waals surface area contributed by atoms with Crippen LogP contribution in [-0.4, -0.2) is 15.9 Å². The molecule has 0 aliphatic heterocycles. The number of aromatic nitrogens is 2. The first-order valence-electron chi connectivity index (χ1n) is 7.63. The van der Waals surface area contributed by atoms with Crippen LogP contribution in [-0.2, 0) is 0 Å². The van der Waals surface area contributed by atoms with Gasteiger partial charge in [0.1, 0.15) is 5.69 Å². The van der Waals surface area contributed by atoms with Gasteiger partial charge in [0.15, 0.2) is 0 Å². The van der Waals surface area contributed by atoms with Gasteiger partial charge in [-0.1, -0.05) is 18.2 Å². The minimum atomic E-state index is -0.341. The number of nitrogens with one attached hydrogen (secondary N) is 3.